The molecule has 0 saturated heterocycles. The third kappa shape index (κ3) is 3.37. The summed E-state index contributed by atoms with van der Waals surface area (Å²) < 4.78 is 0. The van der Waals surface area contributed by atoms with E-state index in [-0.39, 0.29) is 5.41 Å². The Labute approximate surface area is 143 Å². The number of hydrogen-bond donors (Lipinski definition) is 0. The number of oxime groups is 1. The Morgan fingerprint density at radius 3 is 2.33 bits per heavy atom. The molecule has 0 radical (unpaired) electrons. The number of benzene rings is 2. The molecule has 4 nitrogen and oxygen atoms in total. The van der Waals surface area contributed by atoms with Crippen molar-refractivity contribution in [3.8, 4) is 0 Å². The summed E-state index contributed by atoms with van der Waals surface area (Å²) in [6.07, 6.45) is 1.97. The molecule has 2 aromatic carbocycles. The smallest absolute Gasteiger partial charge is 0.106 e. The third-order valence-corrected chi connectivity index (χ3v) is 4.55. The van der Waals surface area contributed by atoms with Gasteiger partial charge in [-0.1, -0.05) is 42.8 Å². The van der Waals surface area contributed by atoms with Crippen LogP contribution >= 0.6 is 0 Å². The average molecular weight is 321 g/mol. The van der Waals surface area contributed by atoms with Crippen LogP contribution in [0.5, 0.6) is 0 Å². The summed E-state index contributed by atoms with van der Waals surface area (Å²) in [5.41, 5.74) is 6.42. The van der Waals surface area contributed by atoms with E-state index in [1.807, 2.05) is 30.3 Å². The number of nitrogens with zero attached hydrogens (tertiary/aromatic N) is 3. The van der Waals surface area contributed by atoms with Gasteiger partial charge in [-0.25, -0.2) is 0 Å². The van der Waals surface area contributed by atoms with E-state index >= 15 is 0 Å². The van der Waals surface area contributed by atoms with E-state index in [9.17, 15) is 0 Å². The molecule has 0 amide bonds. The van der Waals surface area contributed by atoms with Crippen LogP contribution in [0.2, 0.25) is 0 Å². The monoisotopic (exact) mass is 321 g/mol. The molecule has 4 heteroatoms. The van der Waals surface area contributed by atoms with Gasteiger partial charge >= 0.3 is 0 Å². The summed E-state index contributed by atoms with van der Waals surface area (Å²) in [7, 11) is 1.59. The van der Waals surface area contributed by atoms with Crippen molar-refractivity contribution in [1.82, 2.24) is 0 Å². The maximum atomic E-state index is 5.02. The Kier molecular flexibility index (Phi) is 4.47. The first-order valence-electron chi connectivity index (χ1n) is 8.23. The molecule has 1 aliphatic carbocycles. The molecule has 0 atom stereocenters. The molecule has 0 N–H and O–H groups in total. The number of azo groups is 1. The van der Waals surface area contributed by atoms with E-state index in [0.717, 1.165) is 35.5 Å². The Morgan fingerprint density at radius 1 is 0.958 bits per heavy atom. The quantitative estimate of drug-likeness (QED) is 0.518. The van der Waals surface area contributed by atoms with Gasteiger partial charge in [0.05, 0.1) is 17.1 Å². The second-order valence-corrected chi connectivity index (χ2v) is 6.87. The van der Waals surface area contributed by atoms with Crippen LogP contribution in [0.3, 0.4) is 0 Å². The summed E-state index contributed by atoms with van der Waals surface area (Å²) >= 11 is 0. The highest BCUT2D eigenvalue weighted by molar-refractivity contribution is 6.03. The minimum atomic E-state index is 0.134. The highest BCUT2D eigenvalue weighted by Gasteiger charge is 2.31. The lowest BCUT2D eigenvalue weighted by Crippen LogP contribution is -2.27. The van der Waals surface area contributed by atoms with Gasteiger partial charge in [0.2, 0.25) is 0 Å². The van der Waals surface area contributed by atoms with Gasteiger partial charge in [-0.15, -0.1) is 0 Å². The summed E-state index contributed by atoms with van der Waals surface area (Å²) in [5.74, 6) is 0. The van der Waals surface area contributed by atoms with Crippen molar-refractivity contribution in [2.24, 2.45) is 15.4 Å². The van der Waals surface area contributed by atoms with Crippen LogP contribution in [-0.4, -0.2) is 12.8 Å². The second kappa shape index (κ2) is 6.56. The lowest BCUT2D eigenvalue weighted by molar-refractivity contribution is 0.212. The maximum Gasteiger partial charge on any atom is 0.106 e. The molecular formula is C20H23N3O. The van der Waals surface area contributed by atoms with Crippen LogP contribution in [0.1, 0.15) is 43.4 Å². The van der Waals surface area contributed by atoms with Crippen LogP contribution < -0.4 is 0 Å². The molecule has 124 valence electrons. The Hall–Kier alpha value is -2.49. The lowest BCUT2D eigenvalue weighted by Gasteiger charge is -2.32. The first-order chi connectivity index (χ1) is 11.5. The van der Waals surface area contributed by atoms with E-state index in [1.165, 1.54) is 11.1 Å². The van der Waals surface area contributed by atoms with Gasteiger partial charge in [-0.3, -0.25) is 0 Å². The van der Waals surface area contributed by atoms with Gasteiger partial charge < -0.3 is 4.84 Å². The summed E-state index contributed by atoms with van der Waals surface area (Å²) in [6, 6.07) is 14.2. The fourth-order valence-corrected chi connectivity index (χ4v) is 3.06. The molecule has 0 fully saturated rings. The molecule has 0 spiro atoms. The summed E-state index contributed by atoms with van der Waals surface area (Å²) in [6.45, 7) is 6.59. The third-order valence-electron chi connectivity index (χ3n) is 4.55. The van der Waals surface area contributed by atoms with Crippen LogP contribution in [0, 0.1) is 6.92 Å². The largest absolute Gasteiger partial charge is 0.399 e. The zero-order valence-corrected chi connectivity index (χ0v) is 14.7. The zero-order chi connectivity index (χ0) is 17.2. The average Bonchev–Trinajstić information content (AvgIpc) is 2.57. The van der Waals surface area contributed by atoms with Gasteiger partial charge in [0.25, 0.3) is 0 Å². The SMILES string of the molecule is CO/N=C1/CCC(C)(C)c2ccc(N=Nc3ccc(C)cc3)cc21. The predicted octanol–water partition coefficient (Wildman–Crippen LogP) is 5.83. The van der Waals surface area contributed by atoms with Gasteiger partial charge in [0.1, 0.15) is 7.11 Å². The van der Waals surface area contributed by atoms with E-state index in [1.54, 1.807) is 7.11 Å². The molecule has 0 aromatic heterocycles. The van der Waals surface area contributed by atoms with Crippen molar-refractivity contribution >= 4 is 17.1 Å². The second-order valence-electron chi connectivity index (χ2n) is 6.87. The molecule has 0 heterocycles. The number of aryl methyl sites for hydroxylation is 1. The zero-order valence-electron chi connectivity index (χ0n) is 14.7. The lowest BCUT2D eigenvalue weighted by atomic mass is 9.72. The van der Waals surface area contributed by atoms with Crippen LogP contribution in [-0.2, 0) is 10.3 Å². The minimum Gasteiger partial charge on any atom is -0.399 e. The Bertz CT molecular complexity index is 789. The van der Waals surface area contributed by atoms with Gasteiger partial charge in [0.15, 0.2) is 0 Å². The van der Waals surface area contributed by atoms with E-state index in [4.69, 9.17) is 4.84 Å². The molecule has 0 aliphatic heterocycles. The molecule has 24 heavy (non-hydrogen) atoms. The van der Waals surface area contributed by atoms with Crippen molar-refractivity contribution in [2.75, 3.05) is 7.11 Å². The van der Waals surface area contributed by atoms with Crippen molar-refractivity contribution < 1.29 is 4.84 Å². The molecule has 0 bridgehead atoms. The van der Waals surface area contributed by atoms with Crippen molar-refractivity contribution in [2.45, 2.75) is 39.0 Å². The molecule has 0 unspecified atom stereocenters. The molecule has 2 aromatic rings. The topological polar surface area (TPSA) is 46.3 Å². The first kappa shape index (κ1) is 16.4. The summed E-state index contributed by atoms with van der Waals surface area (Å²) in [4.78, 5) is 5.02. The molecular weight excluding hydrogens is 298 g/mol. The standard InChI is InChI=1S/C20H23N3O/c1-14-5-7-15(8-6-14)21-22-16-9-10-18-17(13-16)19(23-24-4)11-12-20(18,2)3/h5-10,13H,11-12H2,1-4H3/b22-21?,23-19-. The number of fused-ring (bicyclic) bond motifs is 1. The fourth-order valence-electron chi connectivity index (χ4n) is 3.06. The van der Waals surface area contributed by atoms with Crippen LogP contribution in [0.25, 0.3) is 0 Å². The van der Waals surface area contributed by atoms with Crippen molar-refractivity contribution in [3.05, 3.63) is 59.2 Å². The van der Waals surface area contributed by atoms with Crippen molar-refractivity contribution in [1.29, 1.82) is 0 Å². The normalized spacial score (nSPS) is 17.9. The maximum absolute atomic E-state index is 5.02. The van der Waals surface area contributed by atoms with Gasteiger partial charge in [0, 0.05) is 5.56 Å². The first-order valence-corrected chi connectivity index (χ1v) is 8.23. The van der Waals surface area contributed by atoms with Crippen LogP contribution in [0.4, 0.5) is 11.4 Å². The van der Waals surface area contributed by atoms with Gasteiger partial charge in [-0.2, -0.15) is 10.2 Å². The van der Waals surface area contributed by atoms with Gasteiger partial charge in [-0.05, 0) is 55.0 Å². The highest BCUT2D eigenvalue weighted by Crippen LogP contribution is 2.38. The van der Waals surface area contributed by atoms with E-state index < -0.39 is 0 Å². The predicted molar refractivity (Wildman–Crippen MR) is 97.6 cm³/mol. The number of hydrogen-bond acceptors (Lipinski definition) is 4. The summed E-state index contributed by atoms with van der Waals surface area (Å²) in [5, 5.41) is 12.9. The molecule has 3 rings (SSSR count). The Balaban J connectivity index is 1.95. The Morgan fingerprint density at radius 2 is 1.62 bits per heavy atom. The minimum absolute atomic E-state index is 0.134. The number of rotatable bonds is 3. The molecule has 0 saturated carbocycles. The fraction of sp³-hybridized carbons (Fsp3) is 0.350. The highest BCUT2D eigenvalue weighted by atomic mass is 16.6. The van der Waals surface area contributed by atoms with E-state index in [0.29, 0.717) is 0 Å². The van der Waals surface area contributed by atoms with Crippen LogP contribution in [0.15, 0.2) is 57.8 Å². The molecule has 1 aliphatic rings. The van der Waals surface area contributed by atoms with Crippen molar-refractivity contribution in [3.63, 3.8) is 0 Å². The van der Waals surface area contributed by atoms with E-state index in [2.05, 4.69) is 48.3 Å².